The molecule has 98 valence electrons. The number of carbonyl (C=O) groups excluding carboxylic acids is 2. The average Bonchev–Trinajstić information content (AvgIpc) is 2.29. The van der Waals surface area contributed by atoms with E-state index in [-0.39, 0.29) is 17.7 Å². The first-order valence-corrected chi connectivity index (χ1v) is 6.82. The van der Waals surface area contributed by atoms with Crippen LogP contribution in [0.5, 0.6) is 0 Å². The summed E-state index contributed by atoms with van der Waals surface area (Å²) in [5, 5.41) is 0. The van der Waals surface area contributed by atoms with Gasteiger partial charge in [-0.15, -0.1) is 0 Å². The van der Waals surface area contributed by atoms with Crippen molar-refractivity contribution in [2.24, 2.45) is 11.8 Å². The molecule has 0 bridgehead atoms. The molecule has 0 N–H and O–H groups in total. The molecular formula is C14H24O3. The third kappa shape index (κ3) is 4.14. The molecule has 1 atom stereocenters. The van der Waals surface area contributed by atoms with Crippen molar-refractivity contribution in [1.29, 1.82) is 0 Å². The van der Waals surface area contributed by atoms with E-state index in [1.54, 1.807) is 0 Å². The quantitative estimate of drug-likeness (QED) is 0.560. The Morgan fingerprint density at radius 1 is 1.12 bits per heavy atom. The lowest BCUT2D eigenvalue weighted by molar-refractivity contribution is -0.150. The summed E-state index contributed by atoms with van der Waals surface area (Å²) in [6.45, 7) is 1.88. The Labute approximate surface area is 104 Å². The summed E-state index contributed by atoms with van der Waals surface area (Å²) in [4.78, 5) is 23.8. The van der Waals surface area contributed by atoms with Gasteiger partial charge < -0.3 is 4.74 Å². The maximum Gasteiger partial charge on any atom is 0.316 e. The number of hydrogen-bond donors (Lipinski definition) is 0. The average molecular weight is 240 g/mol. The first-order valence-electron chi connectivity index (χ1n) is 6.82. The molecule has 1 unspecified atom stereocenters. The number of esters is 1. The number of rotatable bonds is 4. The fourth-order valence-corrected chi connectivity index (χ4v) is 2.65. The Kier molecular flexibility index (Phi) is 6.23. The predicted molar refractivity (Wildman–Crippen MR) is 66.6 cm³/mol. The normalized spacial score (nSPS) is 20.1. The lowest BCUT2D eigenvalue weighted by atomic mass is 9.82. The van der Waals surface area contributed by atoms with E-state index in [2.05, 4.69) is 0 Å². The van der Waals surface area contributed by atoms with Gasteiger partial charge in [-0.3, -0.25) is 9.59 Å². The molecule has 0 spiro atoms. The largest absolute Gasteiger partial charge is 0.468 e. The summed E-state index contributed by atoms with van der Waals surface area (Å²) in [6, 6.07) is 0. The number of Topliss-reactive ketones (excluding diaryl/α,β-unsaturated/α-hetero) is 1. The van der Waals surface area contributed by atoms with Crippen LogP contribution < -0.4 is 0 Å². The van der Waals surface area contributed by atoms with Crippen LogP contribution in [-0.2, 0) is 14.3 Å². The van der Waals surface area contributed by atoms with Gasteiger partial charge in [0.15, 0.2) is 0 Å². The van der Waals surface area contributed by atoms with Crippen molar-refractivity contribution in [2.45, 2.75) is 58.3 Å². The van der Waals surface area contributed by atoms with Gasteiger partial charge in [0.05, 0.1) is 7.11 Å². The molecule has 3 heteroatoms. The van der Waals surface area contributed by atoms with Crippen LogP contribution in [0.4, 0.5) is 0 Å². The molecule has 1 aliphatic carbocycles. The van der Waals surface area contributed by atoms with E-state index in [0.717, 1.165) is 25.7 Å². The monoisotopic (exact) mass is 240 g/mol. The minimum Gasteiger partial charge on any atom is -0.468 e. The number of carbonyl (C=O) groups is 2. The highest BCUT2D eigenvalue weighted by Crippen LogP contribution is 2.26. The SMILES string of the molecule is CCC(C(=O)OC)C(=O)C1CCCCCCC1. The number of methoxy groups -OCH3 is 1. The summed E-state index contributed by atoms with van der Waals surface area (Å²) >= 11 is 0. The van der Waals surface area contributed by atoms with Gasteiger partial charge in [0.25, 0.3) is 0 Å². The van der Waals surface area contributed by atoms with Gasteiger partial charge in [-0.1, -0.05) is 39.0 Å². The van der Waals surface area contributed by atoms with E-state index in [1.807, 2.05) is 6.92 Å². The number of ketones is 1. The summed E-state index contributed by atoms with van der Waals surface area (Å²) in [5.74, 6) is -0.704. The van der Waals surface area contributed by atoms with E-state index in [9.17, 15) is 9.59 Å². The molecule has 0 aromatic heterocycles. The zero-order valence-corrected chi connectivity index (χ0v) is 11.0. The van der Waals surface area contributed by atoms with Crippen LogP contribution >= 0.6 is 0 Å². The van der Waals surface area contributed by atoms with Gasteiger partial charge in [0.2, 0.25) is 0 Å². The van der Waals surface area contributed by atoms with E-state index < -0.39 is 5.92 Å². The number of hydrogen-bond acceptors (Lipinski definition) is 3. The van der Waals surface area contributed by atoms with E-state index in [4.69, 9.17) is 4.74 Å². The second-order valence-corrected chi connectivity index (χ2v) is 4.93. The highest BCUT2D eigenvalue weighted by Gasteiger charge is 2.31. The third-order valence-electron chi connectivity index (χ3n) is 3.74. The molecule has 0 heterocycles. The number of ether oxygens (including phenoxy) is 1. The Morgan fingerprint density at radius 3 is 2.12 bits per heavy atom. The van der Waals surface area contributed by atoms with Crippen molar-refractivity contribution in [3.05, 3.63) is 0 Å². The standard InChI is InChI=1S/C14H24O3/c1-3-12(14(16)17-2)13(15)11-9-7-5-4-6-8-10-11/h11-12H,3-10H2,1-2H3. The zero-order chi connectivity index (χ0) is 12.7. The van der Waals surface area contributed by atoms with Crippen molar-refractivity contribution in [1.82, 2.24) is 0 Å². The Morgan fingerprint density at radius 2 is 1.65 bits per heavy atom. The Balaban J connectivity index is 2.60. The van der Waals surface area contributed by atoms with Crippen molar-refractivity contribution < 1.29 is 14.3 Å². The molecule has 1 rings (SSSR count). The van der Waals surface area contributed by atoms with Gasteiger partial charge in [0, 0.05) is 5.92 Å². The van der Waals surface area contributed by atoms with Gasteiger partial charge in [0.1, 0.15) is 11.7 Å². The highest BCUT2D eigenvalue weighted by molar-refractivity contribution is 6.00. The Bertz CT molecular complexity index is 252. The first kappa shape index (κ1) is 14.2. The van der Waals surface area contributed by atoms with Crippen molar-refractivity contribution in [3.8, 4) is 0 Å². The van der Waals surface area contributed by atoms with Crippen LogP contribution in [0.2, 0.25) is 0 Å². The minimum atomic E-state index is -0.538. The molecule has 0 aromatic carbocycles. The van der Waals surface area contributed by atoms with Crippen molar-refractivity contribution >= 4 is 11.8 Å². The fraction of sp³-hybridized carbons (Fsp3) is 0.857. The molecule has 3 nitrogen and oxygen atoms in total. The van der Waals surface area contributed by atoms with Crippen LogP contribution in [0.15, 0.2) is 0 Å². The minimum absolute atomic E-state index is 0.0827. The molecule has 0 amide bonds. The second-order valence-electron chi connectivity index (χ2n) is 4.93. The van der Waals surface area contributed by atoms with Crippen LogP contribution in [0.25, 0.3) is 0 Å². The van der Waals surface area contributed by atoms with Gasteiger partial charge in [-0.2, -0.15) is 0 Å². The highest BCUT2D eigenvalue weighted by atomic mass is 16.5. The maximum absolute atomic E-state index is 12.3. The lowest BCUT2D eigenvalue weighted by Gasteiger charge is -2.22. The van der Waals surface area contributed by atoms with Gasteiger partial charge in [-0.25, -0.2) is 0 Å². The third-order valence-corrected chi connectivity index (χ3v) is 3.74. The summed E-state index contributed by atoms with van der Waals surface area (Å²) < 4.78 is 4.71. The van der Waals surface area contributed by atoms with Crippen LogP contribution in [0.3, 0.4) is 0 Å². The van der Waals surface area contributed by atoms with Crippen LogP contribution in [0.1, 0.15) is 58.3 Å². The first-order chi connectivity index (χ1) is 8.20. The fourth-order valence-electron chi connectivity index (χ4n) is 2.65. The molecule has 1 fully saturated rings. The summed E-state index contributed by atoms with van der Waals surface area (Å²) in [5.41, 5.74) is 0. The second kappa shape index (κ2) is 7.46. The van der Waals surface area contributed by atoms with E-state index >= 15 is 0 Å². The van der Waals surface area contributed by atoms with Gasteiger partial charge in [-0.05, 0) is 19.3 Å². The smallest absolute Gasteiger partial charge is 0.316 e. The lowest BCUT2D eigenvalue weighted by Crippen LogP contribution is -2.30. The Hall–Kier alpha value is -0.860. The molecule has 0 saturated heterocycles. The molecule has 1 aliphatic rings. The van der Waals surface area contributed by atoms with Crippen LogP contribution in [0, 0.1) is 11.8 Å². The molecule has 0 aliphatic heterocycles. The summed E-state index contributed by atoms with van der Waals surface area (Å²) in [7, 11) is 1.36. The molecule has 0 aromatic rings. The van der Waals surface area contributed by atoms with E-state index in [0.29, 0.717) is 6.42 Å². The van der Waals surface area contributed by atoms with Crippen molar-refractivity contribution in [3.63, 3.8) is 0 Å². The topological polar surface area (TPSA) is 43.4 Å². The van der Waals surface area contributed by atoms with Crippen molar-refractivity contribution in [2.75, 3.05) is 7.11 Å². The molecule has 17 heavy (non-hydrogen) atoms. The zero-order valence-electron chi connectivity index (χ0n) is 11.0. The van der Waals surface area contributed by atoms with E-state index in [1.165, 1.54) is 26.4 Å². The molecule has 1 saturated carbocycles. The maximum atomic E-state index is 12.3. The predicted octanol–water partition coefficient (Wildman–Crippen LogP) is 3.12. The molecule has 0 radical (unpaired) electrons. The van der Waals surface area contributed by atoms with Gasteiger partial charge >= 0.3 is 5.97 Å². The molecular weight excluding hydrogens is 216 g/mol. The summed E-state index contributed by atoms with van der Waals surface area (Å²) in [6.07, 6.45) is 8.43. The van der Waals surface area contributed by atoms with Crippen LogP contribution in [-0.4, -0.2) is 18.9 Å².